The van der Waals surface area contributed by atoms with Crippen LogP contribution in [0.25, 0.3) is 0 Å². The van der Waals surface area contributed by atoms with Gasteiger partial charge >= 0.3 is 0 Å². The third kappa shape index (κ3) is 30.1. The van der Waals surface area contributed by atoms with E-state index in [1.165, 1.54) is 186 Å². The summed E-state index contributed by atoms with van der Waals surface area (Å²) in [6.07, 6.45) is 42.6. The van der Waals surface area contributed by atoms with Gasteiger partial charge in [0.25, 0.3) is 0 Å². The predicted molar refractivity (Wildman–Crippen MR) is 164 cm³/mol. The molecule has 212 valence electrons. The first kappa shape index (κ1) is 35.0. The third-order valence-corrected chi connectivity index (χ3v) is 8.49. The van der Waals surface area contributed by atoms with Crippen molar-refractivity contribution in [3.63, 3.8) is 0 Å². The van der Waals surface area contributed by atoms with E-state index in [1.54, 1.807) is 0 Å². The summed E-state index contributed by atoms with van der Waals surface area (Å²) < 4.78 is 0. The van der Waals surface area contributed by atoms with E-state index in [4.69, 9.17) is 0 Å². The van der Waals surface area contributed by atoms with Gasteiger partial charge in [-0.15, -0.1) is 0 Å². The first-order chi connectivity index (χ1) is 17.2. The molecule has 0 aliphatic heterocycles. The first-order valence-electron chi connectivity index (χ1n) is 17.2. The van der Waals surface area contributed by atoms with Crippen molar-refractivity contribution in [2.75, 3.05) is 0 Å². The van der Waals surface area contributed by atoms with Gasteiger partial charge in [0.15, 0.2) is 0 Å². The lowest BCUT2D eigenvalue weighted by molar-refractivity contribution is 0.421. The van der Waals surface area contributed by atoms with Crippen molar-refractivity contribution in [3.8, 4) is 0 Å². The molecule has 2 atom stereocenters. The molecule has 0 aromatic heterocycles. The highest BCUT2D eigenvalue weighted by Gasteiger charge is 2.04. The molecule has 0 bridgehead atoms. The van der Waals surface area contributed by atoms with Gasteiger partial charge in [0.1, 0.15) is 0 Å². The molecule has 0 N–H and O–H groups in total. The van der Waals surface area contributed by atoms with E-state index >= 15 is 0 Å². The molecule has 0 aromatic rings. The van der Waals surface area contributed by atoms with Crippen LogP contribution in [0.5, 0.6) is 0 Å². The lowest BCUT2D eigenvalue weighted by Gasteiger charge is -2.12. The zero-order valence-electron chi connectivity index (χ0n) is 25.7. The Bertz CT molecular complexity index is 325. The van der Waals surface area contributed by atoms with Crippen molar-refractivity contribution in [2.45, 2.75) is 214 Å². The SMILES string of the molecule is CCCCCCCCCCCC(C)CCCCCCCCCC(C)CCCCCCCCCCC. The Morgan fingerprint density at radius 1 is 0.257 bits per heavy atom. The molecule has 0 fully saturated rings. The van der Waals surface area contributed by atoms with E-state index in [-0.39, 0.29) is 0 Å². The molecule has 0 aliphatic carbocycles. The minimum atomic E-state index is 0.965. The van der Waals surface area contributed by atoms with Crippen LogP contribution < -0.4 is 0 Å². The topological polar surface area (TPSA) is 0 Å². The van der Waals surface area contributed by atoms with Crippen LogP contribution in [0.15, 0.2) is 0 Å². The van der Waals surface area contributed by atoms with Crippen molar-refractivity contribution in [3.05, 3.63) is 0 Å². The number of unbranched alkanes of at least 4 members (excludes halogenated alkanes) is 22. The summed E-state index contributed by atoms with van der Waals surface area (Å²) in [5.41, 5.74) is 0. The summed E-state index contributed by atoms with van der Waals surface area (Å²) in [5, 5.41) is 0. The van der Waals surface area contributed by atoms with Crippen LogP contribution in [0.3, 0.4) is 0 Å². The highest BCUT2D eigenvalue weighted by molar-refractivity contribution is 4.58. The van der Waals surface area contributed by atoms with E-state index in [9.17, 15) is 0 Å². The second-order valence-electron chi connectivity index (χ2n) is 12.5. The van der Waals surface area contributed by atoms with Gasteiger partial charge in [-0.05, 0) is 11.8 Å². The summed E-state index contributed by atoms with van der Waals surface area (Å²) >= 11 is 0. The standard InChI is InChI=1S/C35H72/c1-5-7-9-11-13-15-18-22-26-30-34(3)32-28-24-20-17-21-25-29-33-35(4)31-27-23-19-16-14-12-10-8-6-2/h34-35H,5-33H2,1-4H3. The van der Waals surface area contributed by atoms with Gasteiger partial charge in [0.2, 0.25) is 0 Å². The van der Waals surface area contributed by atoms with Crippen LogP contribution in [-0.4, -0.2) is 0 Å². The maximum absolute atomic E-state index is 2.50. The zero-order valence-corrected chi connectivity index (χ0v) is 25.7. The molecule has 0 heteroatoms. The quantitative estimate of drug-likeness (QED) is 0.0874. The number of hydrogen-bond donors (Lipinski definition) is 0. The van der Waals surface area contributed by atoms with Crippen LogP contribution in [0.1, 0.15) is 214 Å². The van der Waals surface area contributed by atoms with E-state index < -0.39 is 0 Å². The normalized spacial score (nSPS) is 13.4. The summed E-state index contributed by atoms with van der Waals surface area (Å²) in [5.74, 6) is 1.93. The molecule has 0 radical (unpaired) electrons. The Morgan fingerprint density at radius 2 is 0.429 bits per heavy atom. The minimum absolute atomic E-state index is 0.965. The van der Waals surface area contributed by atoms with Crippen molar-refractivity contribution >= 4 is 0 Å². The fourth-order valence-corrected chi connectivity index (χ4v) is 5.77. The number of hydrogen-bond acceptors (Lipinski definition) is 0. The second kappa shape index (κ2) is 30.2. The number of rotatable bonds is 30. The zero-order chi connectivity index (χ0) is 25.7. The van der Waals surface area contributed by atoms with E-state index in [0.29, 0.717) is 0 Å². The van der Waals surface area contributed by atoms with Gasteiger partial charge in [-0.25, -0.2) is 0 Å². The Hall–Kier alpha value is 0. The van der Waals surface area contributed by atoms with E-state index in [2.05, 4.69) is 27.7 Å². The van der Waals surface area contributed by atoms with Crippen LogP contribution in [-0.2, 0) is 0 Å². The van der Waals surface area contributed by atoms with E-state index in [1.807, 2.05) is 0 Å². The Kier molecular flexibility index (Phi) is 30.2. The van der Waals surface area contributed by atoms with Gasteiger partial charge in [-0.1, -0.05) is 214 Å². The molecule has 0 spiro atoms. The molecule has 35 heavy (non-hydrogen) atoms. The van der Waals surface area contributed by atoms with Gasteiger partial charge in [0, 0.05) is 0 Å². The highest BCUT2D eigenvalue weighted by Crippen LogP contribution is 2.21. The van der Waals surface area contributed by atoms with Gasteiger partial charge in [0.05, 0.1) is 0 Å². The Labute approximate surface area is 225 Å². The maximum atomic E-state index is 2.50. The summed E-state index contributed by atoms with van der Waals surface area (Å²) in [4.78, 5) is 0. The molecule has 0 saturated heterocycles. The van der Waals surface area contributed by atoms with Crippen molar-refractivity contribution in [1.29, 1.82) is 0 Å². The van der Waals surface area contributed by atoms with Gasteiger partial charge < -0.3 is 0 Å². The van der Waals surface area contributed by atoms with Gasteiger partial charge in [-0.3, -0.25) is 0 Å². The molecule has 2 unspecified atom stereocenters. The Balaban J connectivity index is 3.23. The molecule has 0 amide bonds. The average molecular weight is 493 g/mol. The fourth-order valence-electron chi connectivity index (χ4n) is 5.77. The Morgan fingerprint density at radius 3 is 0.629 bits per heavy atom. The highest BCUT2D eigenvalue weighted by atomic mass is 14.1. The largest absolute Gasteiger partial charge is 0.0654 e. The van der Waals surface area contributed by atoms with Crippen LogP contribution >= 0.6 is 0 Å². The molecular weight excluding hydrogens is 420 g/mol. The summed E-state index contributed by atoms with van der Waals surface area (Å²) in [6, 6.07) is 0. The molecule has 0 rings (SSSR count). The van der Waals surface area contributed by atoms with Crippen molar-refractivity contribution in [1.82, 2.24) is 0 Å². The van der Waals surface area contributed by atoms with Gasteiger partial charge in [-0.2, -0.15) is 0 Å². The monoisotopic (exact) mass is 493 g/mol. The molecule has 0 heterocycles. The van der Waals surface area contributed by atoms with Crippen molar-refractivity contribution < 1.29 is 0 Å². The smallest absolute Gasteiger partial charge is 0.0443 e. The van der Waals surface area contributed by atoms with E-state index in [0.717, 1.165) is 11.8 Å². The molecule has 0 nitrogen and oxygen atoms in total. The minimum Gasteiger partial charge on any atom is -0.0654 e. The first-order valence-corrected chi connectivity index (χ1v) is 17.2. The molecular formula is C35H72. The fraction of sp³-hybridized carbons (Fsp3) is 1.00. The average Bonchev–Trinajstić information content (AvgIpc) is 2.85. The van der Waals surface area contributed by atoms with Crippen LogP contribution in [0, 0.1) is 11.8 Å². The van der Waals surface area contributed by atoms with Crippen LogP contribution in [0.2, 0.25) is 0 Å². The lowest BCUT2D eigenvalue weighted by Crippen LogP contribution is -1.96. The maximum Gasteiger partial charge on any atom is -0.0443 e. The van der Waals surface area contributed by atoms with Crippen molar-refractivity contribution in [2.24, 2.45) is 11.8 Å². The summed E-state index contributed by atoms with van der Waals surface area (Å²) in [6.45, 7) is 9.62. The van der Waals surface area contributed by atoms with Crippen LogP contribution in [0.4, 0.5) is 0 Å². The molecule has 0 aliphatic rings. The summed E-state index contributed by atoms with van der Waals surface area (Å²) in [7, 11) is 0. The molecule has 0 aromatic carbocycles. The lowest BCUT2D eigenvalue weighted by atomic mass is 9.95. The predicted octanol–water partition coefficient (Wildman–Crippen LogP) is 13.6. The second-order valence-corrected chi connectivity index (χ2v) is 12.5. The third-order valence-electron chi connectivity index (χ3n) is 8.49. The molecule has 0 saturated carbocycles.